The molecular formula is C9H13NO. The molecule has 0 aromatic heterocycles. The van der Waals surface area contributed by atoms with Gasteiger partial charge < -0.3 is 5.32 Å². The average molecular weight is 151 g/mol. The van der Waals surface area contributed by atoms with Crippen molar-refractivity contribution in [1.82, 2.24) is 5.32 Å². The predicted molar refractivity (Wildman–Crippen MR) is 45.1 cm³/mol. The molecule has 0 saturated heterocycles. The minimum atomic E-state index is -0.0169. The molecule has 1 fully saturated rings. The Bertz CT molecular complexity index is 180. The summed E-state index contributed by atoms with van der Waals surface area (Å²) in [4.78, 5) is 10.9. The Kier molecular flexibility index (Phi) is 2.90. The van der Waals surface area contributed by atoms with Gasteiger partial charge in [-0.1, -0.05) is 12.2 Å². The maximum Gasteiger partial charge on any atom is 0.243 e. The van der Waals surface area contributed by atoms with E-state index in [0.29, 0.717) is 12.5 Å². The van der Waals surface area contributed by atoms with Gasteiger partial charge in [-0.3, -0.25) is 4.79 Å². The summed E-state index contributed by atoms with van der Waals surface area (Å²) >= 11 is 0. The summed E-state index contributed by atoms with van der Waals surface area (Å²) in [5, 5.41) is 2.67. The van der Waals surface area contributed by atoms with Gasteiger partial charge in [-0.2, -0.15) is 0 Å². The highest BCUT2D eigenvalue weighted by molar-refractivity contribution is 5.87. The summed E-state index contributed by atoms with van der Waals surface area (Å²) in [6.07, 6.45) is 7.74. The third-order valence-electron chi connectivity index (χ3n) is 1.56. The van der Waals surface area contributed by atoms with Crippen molar-refractivity contribution in [1.29, 1.82) is 0 Å². The fraction of sp³-hybridized carbons (Fsp3) is 0.444. The first-order valence-electron chi connectivity index (χ1n) is 3.90. The number of carbonyl (C=O) groups is 1. The lowest BCUT2D eigenvalue weighted by molar-refractivity contribution is -0.116. The Labute approximate surface area is 67.0 Å². The molecule has 1 aliphatic rings. The second kappa shape index (κ2) is 3.96. The van der Waals surface area contributed by atoms with Gasteiger partial charge in [0, 0.05) is 6.54 Å². The van der Waals surface area contributed by atoms with Gasteiger partial charge in [0.05, 0.1) is 0 Å². The fourth-order valence-corrected chi connectivity index (χ4v) is 0.744. The Morgan fingerprint density at radius 1 is 1.64 bits per heavy atom. The number of allylic oxidation sites excluding steroid dienone is 1. The van der Waals surface area contributed by atoms with Crippen LogP contribution in [0.3, 0.4) is 0 Å². The van der Waals surface area contributed by atoms with Gasteiger partial charge in [0.15, 0.2) is 0 Å². The van der Waals surface area contributed by atoms with Crippen LogP contribution in [0.15, 0.2) is 24.8 Å². The molecule has 11 heavy (non-hydrogen) atoms. The second-order valence-corrected chi connectivity index (χ2v) is 2.73. The van der Waals surface area contributed by atoms with Gasteiger partial charge in [-0.15, -0.1) is 6.58 Å². The maximum atomic E-state index is 10.9. The standard InChI is InChI=1S/C9H13NO/c1-2-7-10-9(11)6-5-8-3-4-8/h2,5-6,8H,1,3-4,7H2,(H,10,11)/b6-5+. The highest BCUT2D eigenvalue weighted by atomic mass is 16.1. The van der Waals surface area contributed by atoms with Crippen LogP contribution >= 0.6 is 0 Å². The monoisotopic (exact) mass is 151 g/mol. The number of nitrogens with one attached hydrogen (secondary N) is 1. The molecule has 0 spiro atoms. The summed E-state index contributed by atoms with van der Waals surface area (Å²) in [7, 11) is 0. The predicted octanol–water partition coefficient (Wildman–Crippen LogP) is 1.25. The third-order valence-corrected chi connectivity index (χ3v) is 1.56. The van der Waals surface area contributed by atoms with E-state index in [9.17, 15) is 4.79 Å². The van der Waals surface area contributed by atoms with E-state index in [1.807, 2.05) is 6.08 Å². The van der Waals surface area contributed by atoms with Crippen LogP contribution in [0.4, 0.5) is 0 Å². The maximum absolute atomic E-state index is 10.9. The van der Waals surface area contributed by atoms with E-state index in [1.165, 1.54) is 12.8 Å². The number of rotatable bonds is 4. The normalized spacial score (nSPS) is 16.7. The van der Waals surface area contributed by atoms with Crippen LogP contribution in [0.5, 0.6) is 0 Å². The lowest BCUT2D eigenvalue weighted by atomic mass is 10.3. The van der Waals surface area contributed by atoms with Crippen molar-refractivity contribution in [3.05, 3.63) is 24.8 Å². The minimum absolute atomic E-state index is 0.0169. The zero-order valence-electron chi connectivity index (χ0n) is 6.55. The lowest BCUT2D eigenvalue weighted by Gasteiger charge is -1.93. The molecule has 60 valence electrons. The van der Waals surface area contributed by atoms with Gasteiger partial charge in [0.25, 0.3) is 0 Å². The van der Waals surface area contributed by atoms with Crippen LogP contribution in [0.25, 0.3) is 0 Å². The summed E-state index contributed by atoms with van der Waals surface area (Å²) in [5.41, 5.74) is 0. The van der Waals surface area contributed by atoms with E-state index in [2.05, 4.69) is 11.9 Å². The quantitative estimate of drug-likeness (QED) is 0.475. The van der Waals surface area contributed by atoms with Crippen LogP contribution in [0, 0.1) is 5.92 Å². The zero-order chi connectivity index (χ0) is 8.10. The van der Waals surface area contributed by atoms with Crippen LogP contribution in [0.2, 0.25) is 0 Å². The first kappa shape index (κ1) is 8.05. The first-order valence-corrected chi connectivity index (χ1v) is 3.90. The smallest absolute Gasteiger partial charge is 0.243 e. The van der Waals surface area contributed by atoms with E-state index >= 15 is 0 Å². The number of carbonyl (C=O) groups excluding carboxylic acids is 1. The lowest BCUT2D eigenvalue weighted by Crippen LogP contribution is -2.20. The summed E-state index contributed by atoms with van der Waals surface area (Å²) < 4.78 is 0. The number of hydrogen-bond donors (Lipinski definition) is 1. The summed E-state index contributed by atoms with van der Waals surface area (Å²) in [6, 6.07) is 0. The van der Waals surface area contributed by atoms with Gasteiger partial charge in [0.1, 0.15) is 0 Å². The Balaban J connectivity index is 2.13. The van der Waals surface area contributed by atoms with Crippen molar-refractivity contribution in [2.24, 2.45) is 5.92 Å². The molecule has 0 bridgehead atoms. The molecule has 0 unspecified atom stereocenters. The molecule has 1 saturated carbocycles. The molecule has 1 rings (SSSR count). The third kappa shape index (κ3) is 3.61. The van der Waals surface area contributed by atoms with Gasteiger partial charge >= 0.3 is 0 Å². The van der Waals surface area contributed by atoms with Crippen molar-refractivity contribution in [2.75, 3.05) is 6.54 Å². The van der Waals surface area contributed by atoms with Crippen LogP contribution < -0.4 is 5.32 Å². The molecule has 0 aliphatic heterocycles. The molecule has 1 aliphatic carbocycles. The van der Waals surface area contributed by atoms with E-state index in [-0.39, 0.29) is 5.91 Å². The van der Waals surface area contributed by atoms with Gasteiger partial charge in [-0.05, 0) is 24.8 Å². The summed E-state index contributed by atoms with van der Waals surface area (Å²) in [6.45, 7) is 4.05. The number of amides is 1. The van der Waals surface area contributed by atoms with Gasteiger partial charge in [0.2, 0.25) is 5.91 Å². The Morgan fingerprint density at radius 2 is 2.36 bits per heavy atom. The second-order valence-electron chi connectivity index (χ2n) is 2.73. The average Bonchev–Trinajstić information content (AvgIpc) is 2.80. The SMILES string of the molecule is C=CCNC(=O)/C=C/C1CC1. The molecule has 0 aromatic carbocycles. The van der Waals surface area contributed by atoms with Crippen molar-refractivity contribution in [2.45, 2.75) is 12.8 Å². The Hall–Kier alpha value is -1.05. The largest absolute Gasteiger partial charge is 0.349 e. The van der Waals surface area contributed by atoms with Crippen LogP contribution in [-0.4, -0.2) is 12.5 Å². The van der Waals surface area contributed by atoms with E-state index in [0.717, 1.165) is 0 Å². The molecule has 1 N–H and O–H groups in total. The van der Waals surface area contributed by atoms with Crippen molar-refractivity contribution < 1.29 is 4.79 Å². The van der Waals surface area contributed by atoms with Crippen molar-refractivity contribution in [3.8, 4) is 0 Å². The highest BCUT2D eigenvalue weighted by Gasteiger charge is 2.17. The molecule has 2 heteroatoms. The van der Waals surface area contributed by atoms with Crippen LogP contribution in [0.1, 0.15) is 12.8 Å². The zero-order valence-corrected chi connectivity index (χ0v) is 6.55. The molecule has 0 aromatic rings. The van der Waals surface area contributed by atoms with E-state index < -0.39 is 0 Å². The van der Waals surface area contributed by atoms with E-state index in [1.54, 1.807) is 12.2 Å². The van der Waals surface area contributed by atoms with E-state index in [4.69, 9.17) is 0 Å². The molecule has 0 atom stereocenters. The first-order chi connectivity index (χ1) is 5.33. The van der Waals surface area contributed by atoms with Gasteiger partial charge in [-0.25, -0.2) is 0 Å². The van der Waals surface area contributed by atoms with Crippen LogP contribution in [-0.2, 0) is 4.79 Å². The molecule has 2 nitrogen and oxygen atoms in total. The highest BCUT2D eigenvalue weighted by Crippen LogP contribution is 2.29. The molecule has 1 amide bonds. The van der Waals surface area contributed by atoms with Crippen molar-refractivity contribution in [3.63, 3.8) is 0 Å². The summed E-state index contributed by atoms with van der Waals surface area (Å²) in [5.74, 6) is 0.654. The topological polar surface area (TPSA) is 29.1 Å². The van der Waals surface area contributed by atoms with Crippen molar-refractivity contribution >= 4 is 5.91 Å². The molecular weight excluding hydrogens is 138 g/mol. The number of hydrogen-bond acceptors (Lipinski definition) is 1. The minimum Gasteiger partial charge on any atom is -0.349 e. The molecule has 0 radical (unpaired) electrons. The Morgan fingerprint density at radius 3 is 2.91 bits per heavy atom. The fourth-order valence-electron chi connectivity index (χ4n) is 0.744. The molecule has 0 heterocycles.